The van der Waals surface area contributed by atoms with Crippen LogP contribution in [0.3, 0.4) is 0 Å². The van der Waals surface area contributed by atoms with Gasteiger partial charge in [0.25, 0.3) is 5.69 Å². The number of nitrogens with zero attached hydrogens (tertiary/aromatic N) is 1. The van der Waals surface area contributed by atoms with E-state index >= 15 is 0 Å². The lowest BCUT2D eigenvalue weighted by molar-refractivity contribution is -0.384. The number of benzene rings is 1. The van der Waals surface area contributed by atoms with Gasteiger partial charge < -0.3 is 10.4 Å². The van der Waals surface area contributed by atoms with Crippen LogP contribution in [-0.2, 0) is 0 Å². The smallest absolute Gasteiger partial charge is 0.337 e. The molecule has 0 heterocycles. The predicted octanol–water partition coefficient (Wildman–Crippen LogP) is 3.43. The Morgan fingerprint density at radius 1 is 1.35 bits per heavy atom. The average molecular weight is 278 g/mol. The summed E-state index contributed by atoms with van der Waals surface area (Å²) in [5.41, 5.74) is 0.105. The summed E-state index contributed by atoms with van der Waals surface area (Å²) in [6, 6.07) is 3.82. The molecule has 1 aromatic rings. The number of carboxylic acids is 1. The van der Waals surface area contributed by atoms with E-state index in [0.717, 1.165) is 25.7 Å². The van der Waals surface area contributed by atoms with Crippen molar-refractivity contribution in [3.63, 3.8) is 0 Å². The molecule has 1 fully saturated rings. The normalized spacial score (nSPS) is 17.4. The van der Waals surface area contributed by atoms with Crippen LogP contribution in [0.25, 0.3) is 0 Å². The van der Waals surface area contributed by atoms with Gasteiger partial charge in [0.05, 0.1) is 16.2 Å². The number of anilines is 1. The molecule has 0 atom stereocenters. The lowest BCUT2D eigenvalue weighted by Gasteiger charge is -2.35. The monoisotopic (exact) mass is 278 g/mol. The van der Waals surface area contributed by atoms with Crippen molar-refractivity contribution in [2.75, 3.05) is 5.32 Å². The van der Waals surface area contributed by atoms with Gasteiger partial charge in [-0.1, -0.05) is 19.3 Å². The Kier molecular flexibility index (Phi) is 3.92. The fourth-order valence-corrected chi connectivity index (χ4v) is 2.72. The maximum atomic E-state index is 11.2. The summed E-state index contributed by atoms with van der Waals surface area (Å²) in [5.74, 6) is -1.08. The van der Waals surface area contributed by atoms with E-state index in [4.69, 9.17) is 0 Å². The minimum absolute atomic E-state index is 0.0717. The Morgan fingerprint density at radius 3 is 2.55 bits per heavy atom. The highest BCUT2D eigenvalue weighted by Gasteiger charge is 2.28. The molecular formula is C14H18N2O4. The van der Waals surface area contributed by atoms with Gasteiger partial charge in [-0.25, -0.2) is 4.79 Å². The topological polar surface area (TPSA) is 92.5 Å². The molecule has 20 heavy (non-hydrogen) atoms. The molecule has 2 N–H and O–H groups in total. The van der Waals surface area contributed by atoms with E-state index < -0.39 is 10.9 Å². The second-order valence-corrected chi connectivity index (χ2v) is 5.54. The first-order valence-corrected chi connectivity index (χ1v) is 6.71. The first-order valence-electron chi connectivity index (χ1n) is 6.71. The molecule has 0 saturated heterocycles. The number of non-ortho nitro benzene ring substituents is 1. The van der Waals surface area contributed by atoms with E-state index in [0.29, 0.717) is 5.69 Å². The number of aromatic carboxylic acids is 1. The van der Waals surface area contributed by atoms with Gasteiger partial charge in [0.1, 0.15) is 0 Å². The van der Waals surface area contributed by atoms with Crippen molar-refractivity contribution in [3.8, 4) is 0 Å². The summed E-state index contributed by atoms with van der Waals surface area (Å²) in [5, 5.41) is 23.3. The van der Waals surface area contributed by atoms with Crippen molar-refractivity contribution in [1.82, 2.24) is 0 Å². The molecule has 108 valence electrons. The zero-order valence-electron chi connectivity index (χ0n) is 11.4. The quantitative estimate of drug-likeness (QED) is 0.650. The number of nitrogens with one attached hydrogen (secondary N) is 1. The number of carbonyl (C=O) groups is 1. The highest BCUT2D eigenvalue weighted by atomic mass is 16.6. The summed E-state index contributed by atoms with van der Waals surface area (Å²) in [6.45, 7) is 2.04. The molecule has 0 amide bonds. The number of hydrogen-bond acceptors (Lipinski definition) is 4. The first-order chi connectivity index (χ1) is 9.41. The third-order valence-electron chi connectivity index (χ3n) is 3.84. The van der Waals surface area contributed by atoms with Gasteiger partial charge in [0.2, 0.25) is 0 Å². The maximum Gasteiger partial charge on any atom is 0.337 e. The van der Waals surface area contributed by atoms with Gasteiger partial charge in [0.15, 0.2) is 0 Å². The van der Waals surface area contributed by atoms with E-state index in [2.05, 4.69) is 5.32 Å². The van der Waals surface area contributed by atoms with E-state index in [1.807, 2.05) is 6.92 Å². The van der Waals surface area contributed by atoms with E-state index in [-0.39, 0.29) is 16.8 Å². The Labute approximate surface area is 117 Å². The molecule has 0 radical (unpaired) electrons. The van der Waals surface area contributed by atoms with Gasteiger partial charge in [-0.05, 0) is 25.8 Å². The Morgan fingerprint density at radius 2 is 2.00 bits per heavy atom. The lowest BCUT2D eigenvalue weighted by Crippen LogP contribution is -2.37. The van der Waals surface area contributed by atoms with Crippen LogP contribution in [0.1, 0.15) is 49.4 Å². The van der Waals surface area contributed by atoms with Gasteiger partial charge in [-0.2, -0.15) is 0 Å². The van der Waals surface area contributed by atoms with E-state index in [1.54, 1.807) is 0 Å². The minimum Gasteiger partial charge on any atom is -0.478 e. The summed E-state index contributed by atoms with van der Waals surface area (Å²) >= 11 is 0. The Hall–Kier alpha value is -2.11. The third kappa shape index (κ3) is 3.07. The predicted molar refractivity (Wildman–Crippen MR) is 75.2 cm³/mol. The van der Waals surface area contributed by atoms with Crippen LogP contribution in [0.2, 0.25) is 0 Å². The fraction of sp³-hybridized carbons (Fsp3) is 0.500. The van der Waals surface area contributed by atoms with Crippen LogP contribution in [-0.4, -0.2) is 21.5 Å². The van der Waals surface area contributed by atoms with E-state index in [9.17, 15) is 20.0 Å². The van der Waals surface area contributed by atoms with E-state index in [1.165, 1.54) is 24.6 Å². The van der Waals surface area contributed by atoms with Crippen molar-refractivity contribution < 1.29 is 14.8 Å². The number of nitro groups is 1. The molecule has 0 aliphatic heterocycles. The molecule has 0 aromatic heterocycles. The summed E-state index contributed by atoms with van der Waals surface area (Å²) in [7, 11) is 0. The van der Waals surface area contributed by atoms with Crippen LogP contribution in [0, 0.1) is 10.1 Å². The molecule has 6 heteroatoms. The Balaban J connectivity index is 2.34. The standard InChI is InChI=1S/C14H18N2O4/c1-14(7-3-2-4-8-14)15-12-9-10(16(19)20)5-6-11(12)13(17)18/h5-6,9,15H,2-4,7-8H2,1H3,(H,17,18). The largest absolute Gasteiger partial charge is 0.478 e. The van der Waals surface area contributed by atoms with Crippen molar-refractivity contribution in [1.29, 1.82) is 0 Å². The van der Waals surface area contributed by atoms with Crippen molar-refractivity contribution in [2.24, 2.45) is 0 Å². The zero-order chi connectivity index (χ0) is 14.8. The second-order valence-electron chi connectivity index (χ2n) is 5.54. The summed E-state index contributed by atoms with van der Waals surface area (Å²) in [6.07, 6.45) is 5.23. The molecular weight excluding hydrogens is 260 g/mol. The Bertz CT molecular complexity index is 536. The SMILES string of the molecule is CC1(Nc2cc([N+](=O)[O-])ccc2C(=O)O)CCCCC1. The summed E-state index contributed by atoms with van der Waals surface area (Å²) in [4.78, 5) is 21.6. The number of rotatable bonds is 4. The van der Waals surface area contributed by atoms with Gasteiger partial charge in [-0.15, -0.1) is 0 Å². The third-order valence-corrected chi connectivity index (χ3v) is 3.84. The number of carboxylic acid groups (broad SMARTS) is 1. The molecule has 1 saturated carbocycles. The van der Waals surface area contributed by atoms with Gasteiger partial charge in [0, 0.05) is 17.7 Å². The van der Waals surface area contributed by atoms with Gasteiger partial charge in [-0.3, -0.25) is 10.1 Å². The maximum absolute atomic E-state index is 11.2. The van der Waals surface area contributed by atoms with Crippen LogP contribution in [0.4, 0.5) is 11.4 Å². The number of nitro benzene ring substituents is 1. The molecule has 0 bridgehead atoms. The first kappa shape index (κ1) is 14.3. The second kappa shape index (κ2) is 5.48. The summed E-state index contributed by atoms with van der Waals surface area (Å²) < 4.78 is 0. The molecule has 0 unspecified atom stereocenters. The molecule has 1 aromatic carbocycles. The molecule has 1 aliphatic carbocycles. The zero-order valence-corrected chi connectivity index (χ0v) is 11.4. The van der Waals surface area contributed by atoms with Crippen LogP contribution in [0.15, 0.2) is 18.2 Å². The number of hydrogen-bond donors (Lipinski definition) is 2. The highest BCUT2D eigenvalue weighted by molar-refractivity contribution is 5.95. The van der Waals surface area contributed by atoms with Crippen LogP contribution < -0.4 is 5.32 Å². The minimum atomic E-state index is -1.08. The van der Waals surface area contributed by atoms with Crippen molar-refractivity contribution >= 4 is 17.3 Å². The lowest BCUT2D eigenvalue weighted by atomic mass is 9.83. The molecule has 1 aliphatic rings. The van der Waals surface area contributed by atoms with Gasteiger partial charge >= 0.3 is 5.97 Å². The highest BCUT2D eigenvalue weighted by Crippen LogP contribution is 2.33. The van der Waals surface area contributed by atoms with Crippen LogP contribution in [0.5, 0.6) is 0 Å². The average Bonchev–Trinajstić information content (AvgIpc) is 2.38. The van der Waals surface area contributed by atoms with Crippen LogP contribution >= 0.6 is 0 Å². The fourth-order valence-electron chi connectivity index (χ4n) is 2.72. The molecule has 2 rings (SSSR count). The molecule has 0 spiro atoms. The van der Waals surface area contributed by atoms with Crippen molar-refractivity contribution in [3.05, 3.63) is 33.9 Å². The molecule has 6 nitrogen and oxygen atoms in total. The van der Waals surface area contributed by atoms with Crippen molar-refractivity contribution in [2.45, 2.75) is 44.6 Å².